The van der Waals surface area contributed by atoms with Crippen LogP contribution in [0, 0.1) is 0 Å². The third-order valence-corrected chi connectivity index (χ3v) is 3.59. The van der Waals surface area contributed by atoms with Crippen molar-refractivity contribution in [2.24, 2.45) is 0 Å². The highest BCUT2D eigenvalue weighted by molar-refractivity contribution is 6.30. The van der Waals surface area contributed by atoms with E-state index in [2.05, 4.69) is 34.3 Å². The number of rotatable bonds is 6. The van der Waals surface area contributed by atoms with E-state index in [0.717, 1.165) is 24.5 Å². The zero-order valence-corrected chi connectivity index (χ0v) is 13.5. The highest BCUT2D eigenvalue weighted by Gasteiger charge is 2.10. The minimum atomic E-state index is -0.242. The molecule has 0 aliphatic carbocycles. The fraction of sp³-hybridized carbons (Fsp3) is 0.312. The van der Waals surface area contributed by atoms with Crippen LogP contribution >= 0.6 is 11.6 Å². The molecule has 0 radical (unpaired) electrons. The number of carbonyl (C=O) groups is 1. The van der Waals surface area contributed by atoms with Crippen molar-refractivity contribution in [2.45, 2.75) is 20.4 Å². The van der Waals surface area contributed by atoms with Gasteiger partial charge in [-0.3, -0.25) is 4.79 Å². The van der Waals surface area contributed by atoms with E-state index in [-0.39, 0.29) is 5.91 Å². The monoisotopic (exact) mass is 318 g/mol. The zero-order valence-electron chi connectivity index (χ0n) is 12.7. The van der Waals surface area contributed by atoms with Crippen molar-refractivity contribution >= 4 is 23.3 Å². The summed E-state index contributed by atoms with van der Waals surface area (Å²) < 4.78 is 0. The van der Waals surface area contributed by atoms with Gasteiger partial charge in [0.2, 0.25) is 0 Å². The number of nitrogens with one attached hydrogen (secondary N) is 1. The molecule has 0 aliphatic heterocycles. The van der Waals surface area contributed by atoms with Crippen molar-refractivity contribution < 1.29 is 4.79 Å². The SMILES string of the molecule is CCN(CC)c1ccc(C(=O)NCc2ccc(Cl)cc2)nn1. The molecule has 0 spiro atoms. The molecule has 116 valence electrons. The second-order valence-corrected chi connectivity index (χ2v) is 5.19. The number of hydrogen-bond donors (Lipinski definition) is 1. The Morgan fingerprint density at radius 3 is 2.32 bits per heavy atom. The molecular weight excluding hydrogens is 300 g/mol. The lowest BCUT2D eigenvalue weighted by Crippen LogP contribution is -2.26. The Morgan fingerprint density at radius 1 is 1.09 bits per heavy atom. The smallest absolute Gasteiger partial charge is 0.272 e. The first-order valence-corrected chi connectivity index (χ1v) is 7.63. The van der Waals surface area contributed by atoms with Crippen molar-refractivity contribution in [3.05, 3.63) is 52.7 Å². The first kappa shape index (κ1) is 16.2. The van der Waals surface area contributed by atoms with Crippen LogP contribution in [0.5, 0.6) is 0 Å². The number of anilines is 1. The fourth-order valence-corrected chi connectivity index (χ4v) is 2.16. The van der Waals surface area contributed by atoms with Crippen LogP contribution in [0.1, 0.15) is 29.9 Å². The van der Waals surface area contributed by atoms with Gasteiger partial charge in [0, 0.05) is 24.7 Å². The van der Waals surface area contributed by atoms with E-state index in [9.17, 15) is 4.79 Å². The minimum absolute atomic E-state index is 0.242. The standard InChI is InChI=1S/C16H19ClN4O/c1-3-21(4-2)15-10-9-14(19-20-15)16(22)18-11-12-5-7-13(17)8-6-12/h5-10H,3-4,11H2,1-2H3,(H,18,22). The molecule has 0 atom stereocenters. The molecule has 0 aliphatic rings. The summed E-state index contributed by atoms with van der Waals surface area (Å²) >= 11 is 5.82. The lowest BCUT2D eigenvalue weighted by atomic mass is 10.2. The van der Waals surface area contributed by atoms with E-state index in [1.165, 1.54) is 0 Å². The van der Waals surface area contributed by atoms with Gasteiger partial charge < -0.3 is 10.2 Å². The van der Waals surface area contributed by atoms with Gasteiger partial charge in [0.1, 0.15) is 0 Å². The van der Waals surface area contributed by atoms with Crippen molar-refractivity contribution in [1.82, 2.24) is 15.5 Å². The summed E-state index contributed by atoms with van der Waals surface area (Å²) in [6, 6.07) is 10.8. The summed E-state index contributed by atoms with van der Waals surface area (Å²) in [5, 5.41) is 11.6. The molecule has 6 heteroatoms. The quantitative estimate of drug-likeness (QED) is 0.889. The number of nitrogens with zero attached hydrogens (tertiary/aromatic N) is 3. The topological polar surface area (TPSA) is 58.1 Å². The number of amides is 1. The maximum absolute atomic E-state index is 12.1. The Hall–Kier alpha value is -2.14. The lowest BCUT2D eigenvalue weighted by molar-refractivity contribution is 0.0945. The van der Waals surface area contributed by atoms with Crippen LogP contribution in [0.2, 0.25) is 5.02 Å². The molecule has 2 aromatic rings. The molecule has 0 bridgehead atoms. The van der Waals surface area contributed by atoms with Gasteiger partial charge in [0.15, 0.2) is 11.5 Å². The molecule has 1 aromatic heterocycles. The first-order chi connectivity index (χ1) is 10.6. The molecule has 5 nitrogen and oxygen atoms in total. The Morgan fingerprint density at radius 2 is 1.77 bits per heavy atom. The minimum Gasteiger partial charge on any atom is -0.356 e. The zero-order chi connectivity index (χ0) is 15.9. The van der Waals surface area contributed by atoms with Gasteiger partial charge in [-0.25, -0.2) is 0 Å². The number of halogens is 1. The summed E-state index contributed by atoms with van der Waals surface area (Å²) in [5.74, 6) is 0.535. The molecule has 0 unspecified atom stereocenters. The van der Waals surface area contributed by atoms with Crippen molar-refractivity contribution in [1.29, 1.82) is 0 Å². The van der Waals surface area contributed by atoms with Gasteiger partial charge in [-0.15, -0.1) is 10.2 Å². The average molecular weight is 319 g/mol. The van der Waals surface area contributed by atoms with E-state index in [4.69, 9.17) is 11.6 Å². The van der Waals surface area contributed by atoms with Crippen LogP contribution in [-0.2, 0) is 6.54 Å². The van der Waals surface area contributed by atoms with Crippen LogP contribution in [0.25, 0.3) is 0 Å². The molecule has 1 amide bonds. The fourth-order valence-electron chi connectivity index (χ4n) is 2.04. The molecule has 0 saturated heterocycles. The van der Waals surface area contributed by atoms with Crippen molar-refractivity contribution in [3.63, 3.8) is 0 Å². The summed E-state index contributed by atoms with van der Waals surface area (Å²) in [6.07, 6.45) is 0. The molecular formula is C16H19ClN4O. The van der Waals surface area contributed by atoms with E-state index < -0.39 is 0 Å². The Kier molecular flexibility index (Phi) is 5.72. The number of benzene rings is 1. The van der Waals surface area contributed by atoms with Crippen LogP contribution in [-0.4, -0.2) is 29.2 Å². The lowest BCUT2D eigenvalue weighted by Gasteiger charge is -2.18. The van der Waals surface area contributed by atoms with E-state index >= 15 is 0 Å². The largest absolute Gasteiger partial charge is 0.356 e. The number of hydrogen-bond acceptors (Lipinski definition) is 4. The summed E-state index contributed by atoms with van der Waals surface area (Å²) in [4.78, 5) is 14.1. The van der Waals surface area contributed by atoms with Crippen molar-refractivity contribution in [2.75, 3.05) is 18.0 Å². The molecule has 1 N–H and O–H groups in total. The van der Waals surface area contributed by atoms with E-state index in [1.807, 2.05) is 18.2 Å². The molecule has 0 saturated carbocycles. The average Bonchev–Trinajstić information content (AvgIpc) is 2.56. The first-order valence-electron chi connectivity index (χ1n) is 7.25. The molecule has 22 heavy (non-hydrogen) atoms. The predicted octanol–water partition coefficient (Wildman–Crippen LogP) is 2.91. The van der Waals surface area contributed by atoms with Gasteiger partial charge in [-0.1, -0.05) is 23.7 Å². The summed E-state index contributed by atoms with van der Waals surface area (Å²) in [7, 11) is 0. The normalized spacial score (nSPS) is 10.3. The predicted molar refractivity (Wildman–Crippen MR) is 88.2 cm³/mol. The Bertz CT molecular complexity index is 609. The highest BCUT2D eigenvalue weighted by Crippen LogP contribution is 2.10. The van der Waals surface area contributed by atoms with Crippen LogP contribution in [0.15, 0.2) is 36.4 Å². The van der Waals surface area contributed by atoms with Crippen LogP contribution in [0.3, 0.4) is 0 Å². The Labute approximate surface area is 135 Å². The maximum Gasteiger partial charge on any atom is 0.272 e. The molecule has 1 aromatic carbocycles. The van der Waals surface area contributed by atoms with Gasteiger partial charge in [-0.2, -0.15) is 0 Å². The maximum atomic E-state index is 12.1. The number of carbonyl (C=O) groups excluding carboxylic acids is 1. The molecule has 0 fully saturated rings. The summed E-state index contributed by atoms with van der Waals surface area (Å²) in [5.41, 5.74) is 1.29. The van der Waals surface area contributed by atoms with Gasteiger partial charge >= 0.3 is 0 Å². The second kappa shape index (κ2) is 7.75. The Balaban J connectivity index is 1.96. The van der Waals surface area contributed by atoms with E-state index in [1.54, 1.807) is 18.2 Å². The second-order valence-electron chi connectivity index (χ2n) is 4.76. The van der Waals surface area contributed by atoms with Gasteiger partial charge in [-0.05, 0) is 43.7 Å². The third kappa shape index (κ3) is 4.18. The van der Waals surface area contributed by atoms with Crippen LogP contribution in [0.4, 0.5) is 5.82 Å². The van der Waals surface area contributed by atoms with E-state index in [0.29, 0.717) is 17.3 Å². The number of aromatic nitrogens is 2. The molecule has 2 rings (SSSR count). The summed E-state index contributed by atoms with van der Waals surface area (Å²) in [6.45, 7) is 6.24. The van der Waals surface area contributed by atoms with Gasteiger partial charge in [0.25, 0.3) is 5.91 Å². The highest BCUT2D eigenvalue weighted by atomic mass is 35.5. The third-order valence-electron chi connectivity index (χ3n) is 3.34. The van der Waals surface area contributed by atoms with Crippen LogP contribution < -0.4 is 10.2 Å². The van der Waals surface area contributed by atoms with Gasteiger partial charge in [0.05, 0.1) is 0 Å². The molecule has 1 heterocycles. The van der Waals surface area contributed by atoms with Crippen molar-refractivity contribution in [3.8, 4) is 0 Å².